The van der Waals surface area contributed by atoms with Gasteiger partial charge in [0.25, 0.3) is 0 Å². The predicted molar refractivity (Wildman–Crippen MR) is 470 cm³/mol. The van der Waals surface area contributed by atoms with Crippen LogP contribution in [-0.4, -0.2) is 316 Å². The SMILES string of the molecule is CC(O)=NCCCC[C@H](N=C(O)[C@H](CC(=N)O)N=C(O)CN=C(O)[C@H](CCC(=O)O)N=C(O)[C@H](Cc1c[nH]c2ccccc12)N=C(O)[C@@H](N=C(O)[C@H](Cc1c[nH]c2ccccc12)N=C(O)[C@H](CO)N=C(C)O)[C@@H](C)O)C(O)=N[C@@H](Cc1c[nH]c2ccccc12)C(O)=N[C@H](C(O)=N[C@@H](Cc1c[nH]c2ccccc12)C(O)=N[C@@H](CCCC[NH3+])C(=N)O)[C@@H](C)O. The Bertz CT molecular complexity index is 5290. The van der Waals surface area contributed by atoms with E-state index in [1.54, 1.807) is 116 Å². The molecule has 4 heterocycles. The minimum atomic E-state index is -1.91. The Morgan fingerprint density at radius 1 is 0.385 bits per heavy atom. The number of carboxylic acid groups (broad SMARTS) is 1. The summed E-state index contributed by atoms with van der Waals surface area (Å²) in [5.41, 5.74) is 8.58. The lowest BCUT2D eigenvalue weighted by Gasteiger charge is -2.20. The van der Waals surface area contributed by atoms with Crippen molar-refractivity contribution in [3.05, 3.63) is 144 Å². The quantitative estimate of drug-likeness (QED) is 0.00959. The lowest BCUT2D eigenvalue weighted by atomic mass is 10.0. The van der Waals surface area contributed by atoms with Gasteiger partial charge in [0.05, 0.1) is 31.8 Å². The maximum absolute atomic E-state index is 12.3. The number of rotatable bonds is 49. The van der Waals surface area contributed by atoms with Crippen molar-refractivity contribution in [3.63, 3.8) is 0 Å². The zero-order chi connectivity index (χ0) is 88.9. The number of fused-ring (bicyclic) bond motifs is 4. The molecule has 8 aromatic rings. The van der Waals surface area contributed by atoms with Crippen LogP contribution in [0.25, 0.3) is 43.6 Å². The largest absolute Gasteiger partial charge is 0.497 e. The standard InChI is InChI=1S/C82H106N20O20/c1-42(104)70(81(121)99-61(31-46-36-87-54-21-9-5-17-50(46)54)75(115)94-58(72(85)112)25-13-15-29-83)101-78(118)63(33-48-38-89-56-23-11-7-19-52(48)56)97-74(114)59(26-14-16-30-86-44(3)106)95-77(117)65(35-67(84)108)93-68(109)40-91-73(113)60(27-28-69(110)111)96-76(116)62(32-47-37-88-55-22-10-6-18-51(47)55)100-82(122)71(43(2)105)102-79(119)64(98-80(120)66(41-103)92-45(4)107)34-49-39-90-57-24-12-8-20-53(49)57/h5-12,17-24,36-39,42-43,58-66,70-71,87-90,103-105H,13-16,25-35,40-41,83H2,1-4H3,(H2,84,108)(H2,85,112)(H,86,106)(H,91,113)(H,92,107)(H,93,109)(H,94,115)(H,95,117)(H,96,116)(H,97,114)(H,98,120)(H,99,121)(H,100,122)(H,101,118)(H,102,119)(H,110,111)/p+1/t42-,43-,58+,59+,60+,61+,62+,63+,64+,65+,66+,70+,71+/m1/s1. The molecule has 0 bridgehead atoms. The molecule has 654 valence electrons. The van der Waals surface area contributed by atoms with Crippen LogP contribution in [0, 0.1) is 10.8 Å². The molecule has 0 aliphatic carbocycles. The van der Waals surface area contributed by atoms with Crippen LogP contribution in [0.2, 0.25) is 0 Å². The van der Waals surface area contributed by atoms with Gasteiger partial charge in [0, 0.05) is 121 Å². The van der Waals surface area contributed by atoms with Gasteiger partial charge in [-0.1, -0.05) is 72.8 Å². The molecule has 0 amide bonds. The summed E-state index contributed by atoms with van der Waals surface area (Å²) in [4.78, 5) is 79.2. The highest BCUT2D eigenvalue weighted by Gasteiger charge is 2.34. The summed E-state index contributed by atoms with van der Waals surface area (Å²) in [7, 11) is 0. The van der Waals surface area contributed by atoms with Crippen molar-refractivity contribution in [2.24, 2.45) is 64.9 Å². The number of aromatic nitrogens is 4. The number of nitrogens with one attached hydrogen (secondary N) is 6. The topological polar surface area (TPSA) is 701 Å². The van der Waals surface area contributed by atoms with Crippen LogP contribution in [0.5, 0.6) is 0 Å². The van der Waals surface area contributed by atoms with E-state index in [1.807, 2.05) is 6.07 Å². The van der Waals surface area contributed by atoms with Gasteiger partial charge in [-0.15, -0.1) is 0 Å². The highest BCUT2D eigenvalue weighted by Crippen LogP contribution is 2.28. The number of hydrogen-bond donors (Lipinski definition) is 26. The van der Waals surface area contributed by atoms with Crippen LogP contribution in [-0.2, 0) is 30.5 Å². The molecule has 0 saturated carbocycles. The van der Waals surface area contributed by atoms with Crippen molar-refractivity contribution >= 4 is 138 Å². The molecule has 0 aliphatic rings. The van der Waals surface area contributed by atoms with Crippen molar-refractivity contribution in [2.45, 2.75) is 190 Å². The molecule has 0 aliphatic heterocycles. The fourth-order valence-corrected chi connectivity index (χ4v) is 13.2. The molecule has 28 N–H and O–H groups in total. The number of aliphatic hydroxyl groups is 18. The summed E-state index contributed by atoms with van der Waals surface area (Å²) in [6.45, 7) is 3.68. The fraction of sp³-hybridized carbons (Fsp3) is 0.415. The van der Waals surface area contributed by atoms with Crippen LogP contribution in [0.15, 0.2) is 187 Å². The van der Waals surface area contributed by atoms with Crippen molar-refractivity contribution < 1.29 is 108 Å². The fourth-order valence-electron chi connectivity index (χ4n) is 13.2. The van der Waals surface area contributed by atoms with Gasteiger partial charge >= 0.3 is 5.97 Å². The Balaban J connectivity index is 1.15. The van der Waals surface area contributed by atoms with Crippen molar-refractivity contribution in [1.29, 1.82) is 10.8 Å². The first-order valence-electron chi connectivity index (χ1n) is 39.3. The molecule has 0 unspecified atom stereocenters. The van der Waals surface area contributed by atoms with Gasteiger partial charge in [-0.2, -0.15) is 0 Å². The molecule has 0 spiro atoms. The van der Waals surface area contributed by atoms with Crippen LogP contribution in [0.4, 0.5) is 0 Å². The average molecular weight is 1690 g/mol. The molecule has 4 aromatic carbocycles. The lowest BCUT2D eigenvalue weighted by Crippen LogP contribution is -2.50. The molecule has 13 atom stereocenters. The molecule has 40 heteroatoms. The Morgan fingerprint density at radius 3 is 1.10 bits per heavy atom. The molecule has 0 radical (unpaired) electrons. The van der Waals surface area contributed by atoms with Gasteiger partial charge in [-0.05, 0) is 105 Å². The number of unbranched alkanes of at least 4 members (excludes halogenated alkanes) is 2. The molecule has 0 saturated heterocycles. The third-order valence-corrected chi connectivity index (χ3v) is 19.5. The van der Waals surface area contributed by atoms with Gasteiger partial charge < -0.3 is 123 Å². The van der Waals surface area contributed by atoms with Crippen LogP contribution in [0.3, 0.4) is 0 Å². The van der Waals surface area contributed by atoms with E-state index in [4.69, 9.17) is 10.8 Å². The lowest BCUT2D eigenvalue weighted by molar-refractivity contribution is -0.368. The van der Waals surface area contributed by atoms with Gasteiger partial charge in [0.15, 0.2) is 35.8 Å². The minimum Gasteiger partial charge on any atom is -0.497 e. The molecule has 8 rings (SSSR count). The number of carbonyl (C=O) groups is 1. The van der Waals surface area contributed by atoms with Crippen LogP contribution >= 0.6 is 0 Å². The van der Waals surface area contributed by atoms with E-state index in [0.717, 1.165) is 5.52 Å². The number of aromatic amines is 4. The van der Waals surface area contributed by atoms with Crippen LogP contribution in [0.1, 0.15) is 108 Å². The number of carboxylic acids is 1. The van der Waals surface area contributed by atoms with E-state index < -0.39 is 200 Å². The Hall–Kier alpha value is -13.6. The summed E-state index contributed by atoms with van der Waals surface area (Å²) < 4.78 is 0. The van der Waals surface area contributed by atoms with E-state index in [-0.39, 0.29) is 63.8 Å². The third kappa shape index (κ3) is 27.5. The highest BCUT2D eigenvalue weighted by atomic mass is 16.4. The zero-order valence-corrected chi connectivity index (χ0v) is 67.5. The predicted octanol–water partition coefficient (Wildman–Crippen LogP) is 9.07. The molecular weight excluding hydrogens is 1590 g/mol. The Morgan fingerprint density at radius 2 is 0.730 bits per heavy atom. The second kappa shape index (κ2) is 45.5. The number of H-pyrrole nitrogens is 4. The third-order valence-electron chi connectivity index (χ3n) is 19.5. The van der Waals surface area contributed by atoms with E-state index in [2.05, 4.69) is 90.6 Å². The second-order valence-corrected chi connectivity index (χ2v) is 29.0. The van der Waals surface area contributed by atoms with E-state index in [9.17, 15) is 102 Å². The van der Waals surface area contributed by atoms with E-state index in [1.165, 1.54) is 27.7 Å². The molecule has 122 heavy (non-hydrogen) atoms. The van der Waals surface area contributed by atoms with Crippen molar-refractivity contribution in [1.82, 2.24) is 19.9 Å². The van der Waals surface area contributed by atoms with Gasteiger partial charge in [-0.25, -0.2) is 59.9 Å². The van der Waals surface area contributed by atoms with Crippen molar-refractivity contribution in [2.75, 3.05) is 26.2 Å². The maximum atomic E-state index is 12.3. The Kier molecular flexibility index (Phi) is 35.0. The number of para-hydroxylation sites is 4. The zero-order valence-electron chi connectivity index (χ0n) is 67.5. The van der Waals surface area contributed by atoms with E-state index >= 15 is 0 Å². The molecule has 4 aromatic heterocycles. The number of aliphatic hydroxyl groups excluding tert-OH is 18. The Labute approximate surface area is 698 Å². The summed E-state index contributed by atoms with van der Waals surface area (Å²) >= 11 is 0. The number of aliphatic carboxylic acids is 1. The molecule has 40 nitrogen and oxygen atoms in total. The second-order valence-electron chi connectivity index (χ2n) is 29.0. The summed E-state index contributed by atoms with van der Waals surface area (Å²) in [5, 5.41) is 232. The highest BCUT2D eigenvalue weighted by molar-refractivity contribution is 5.98. The number of benzene rings is 4. The minimum absolute atomic E-state index is 0.0620. The number of quaternary nitrogens is 1. The molecule has 0 fully saturated rings. The summed E-state index contributed by atoms with van der Waals surface area (Å²) in [5.74, 6) is -14.6. The van der Waals surface area contributed by atoms with Crippen molar-refractivity contribution in [3.8, 4) is 0 Å². The normalized spacial score (nSPS) is 17.3. The monoisotopic (exact) mass is 1690 g/mol. The first kappa shape index (κ1) is 93.9. The van der Waals surface area contributed by atoms with Gasteiger partial charge in [0.1, 0.15) is 54.9 Å². The smallest absolute Gasteiger partial charge is 0.303 e. The number of nitrogens with zero attached hydrogens (tertiary/aromatic N) is 13. The average Bonchev–Trinajstić information content (AvgIpc) is 1.65. The van der Waals surface area contributed by atoms with Gasteiger partial charge in [-0.3, -0.25) is 20.6 Å². The van der Waals surface area contributed by atoms with E-state index in [0.29, 0.717) is 79.7 Å². The first-order chi connectivity index (χ1) is 58.2. The first-order valence-corrected chi connectivity index (χ1v) is 39.3. The van der Waals surface area contributed by atoms with Crippen LogP contribution < -0.4 is 5.73 Å². The number of aliphatic imine (C=N–C) groups is 13. The summed E-state index contributed by atoms with van der Waals surface area (Å²) in [6, 6.07) is 10.1. The molecular formula is C82H107N20O20+. The maximum Gasteiger partial charge on any atom is 0.303 e. The van der Waals surface area contributed by atoms with Gasteiger partial charge in [0.2, 0.25) is 70.8 Å². The number of hydrogen-bond acceptors (Lipinski definition) is 19. The summed E-state index contributed by atoms with van der Waals surface area (Å²) in [6.07, 6.45) is 1.21.